The van der Waals surface area contributed by atoms with Crippen molar-refractivity contribution in [1.82, 2.24) is 0 Å². The molecular formula is C18H15N3O5. The quantitative estimate of drug-likeness (QED) is 0.463. The minimum Gasteiger partial charge on any atom is -0.491 e. The number of nitriles is 1. The number of Topliss-reactive ketones (excluding diaryl/α,β-unsaturated/α-hetero) is 1. The molecule has 26 heavy (non-hydrogen) atoms. The summed E-state index contributed by atoms with van der Waals surface area (Å²) in [5, 5.41) is 22.6. The van der Waals surface area contributed by atoms with Crippen LogP contribution in [0.25, 0.3) is 0 Å². The Morgan fingerprint density at radius 3 is 2.54 bits per heavy atom. The molecule has 1 amide bonds. The zero-order valence-electron chi connectivity index (χ0n) is 13.9. The zero-order valence-corrected chi connectivity index (χ0v) is 13.9. The van der Waals surface area contributed by atoms with Gasteiger partial charge < -0.3 is 10.1 Å². The molecule has 0 aliphatic heterocycles. The Balaban J connectivity index is 2.50. The number of rotatable bonds is 7. The molecule has 0 bridgehead atoms. The molecule has 2 aromatic rings. The number of carbonyl (C=O) groups is 2. The lowest BCUT2D eigenvalue weighted by Crippen LogP contribution is -2.14. The van der Waals surface area contributed by atoms with E-state index in [1.165, 1.54) is 6.07 Å². The summed E-state index contributed by atoms with van der Waals surface area (Å²) in [5.74, 6) is -1.10. The van der Waals surface area contributed by atoms with Gasteiger partial charge in [-0.05, 0) is 25.1 Å². The van der Waals surface area contributed by atoms with E-state index < -0.39 is 28.7 Å². The Morgan fingerprint density at radius 1 is 1.27 bits per heavy atom. The predicted octanol–water partition coefficient (Wildman–Crippen LogP) is 3.34. The number of hydrogen-bond acceptors (Lipinski definition) is 6. The topological polar surface area (TPSA) is 122 Å². The maximum Gasteiger partial charge on any atom is 0.284 e. The molecule has 0 saturated heterocycles. The molecule has 0 aliphatic rings. The van der Waals surface area contributed by atoms with E-state index in [1.807, 2.05) is 0 Å². The summed E-state index contributed by atoms with van der Waals surface area (Å²) in [6, 6.07) is 12.3. The lowest BCUT2D eigenvalue weighted by molar-refractivity contribution is -0.385. The molecule has 0 unspecified atom stereocenters. The van der Waals surface area contributed by atoms with E-state index in [1.54, 1.807) is 43.3 Å². The van der Waals surface area contributed by atoms with Crippen molar-refractivity contribution in [3.63, 3.8) is 0 Å². The monoisotopic (exact) mass is 353 g/mol. The van der Waals surface area contributed by atoms with Gasteiger partial charge in [-0.3, -0.25) is 19.7 Å². The minimum absolute atomic E-state index is 0.0667. The van der Waals surface area contributed by atoms with Gasteiger partial charge in [0, 0.05) is 5.56 Å². The van der Waals surface area contributed by atoms with Crippen molar-refractivity contribution in [2.24, 2.45) is 0 Å². The van der Waals surface area contributed by atoms with Gasteiger partial charge in [0.1, 0.15) is 5.75 Å². The fraction of sp³-hybridized carbons (Fsp3) is 0.167. The van der Waals surface area contributed by atoms with E-state index in [-0.39, 0.29) is 23.6 Å². The molecule has 0 atom stereocenters. The Labute approximate surface area is 149 Å². The second-order valence-corrected chi connectivity index (χ2v) is 5.13. The van der Waals surface area contributed by atoms with Gasteiger partial charge in [-0.25, -0.2) is 0 Å². The van der Waals surface area contributed by atoms with Crippen LogP contribution in [0.15, 0.2) is 42.5 Å². The summed E-state index contributed by atoms with van der Waals surface area (Å²) in [5.41, 5.74) is -0.249. The van der Waals surface area contributed by atoms with E-state index in [2.05, 4.69) is 5.32 Å². The van der Waals surface area contributed by atoms with Crippen LogP contribution in [0.1, 0.15) is 34.1 Å². The third kappa shape index (κ3) is 4.21. The lowest BCUT2D eigenvalue weighted by atomic mass is 10.0. The predicted molar refractivity (Wildman–Crippen MR) is 93.2 cm³/mol. The number of ketones is 1. The number of nitro benzene ring substituents is 1. The van der Waals surface area contributed by atoms with E-state index in [0.29, 0.717) is 5.56 Å². The summed E-state index contributed by atoms with van der Waals surface area (Å²) >= 11 is 0. The van der Waals surface area contributed by atoms with Gasteiger partial charge >= 0.3 is 0 Å². The third-order valence-corrected chi connectivity index (χ3v) is 3.42. The van der Waals surface area contributed by atoms with Crippen LogP contribution in [0.5, 0.6) is 5.75 Å². The van der Waals surface area contributed by atoms with E-state index in [4.69, 9.17) is 10.00 Å². The first-order valence-electron chi connectivity index (χ1n) is 7.69. The normalized spacial score (nSPS) is 9.85. The molecule has 2 rings (SSSR count). The molecule has 0 fully saturated rings. The standard InChI is InChI=1S/C18H15N3O5/c1-2-26-17-11-15(21(24)25)13(16(22)8-9-19)10-14(17)20-18(23)12-6-4-3-5-7-12/h3-7,10-11H,2,8H2,1H3,(H,20,23). The average molecular weight is 353 g/mol. The molecule has 0 aromatic heterocycles. The fourth-order valence-electron chi connectivity index (χ4n) is 2.27. The number of benzene rings is 2. The molecule has 8 nitrogen and oxygen atoms in total. The van der Waals surface area contributed by atoms with Crippen LogP contribution < -0.4 is 10.1 Å². The molecule has 8 heteroatoms. The summed E-state index contributed by atoms with van der Waals surface area (Å²) in [6.45, 7) is 1.89. The van der Waals surface area contributed by atoms with Crippen molar-refractivity contribution < 1.29 is 19.2 Å². The Kier molecular flexibility index (Phi) is 6.01. The van der Waals surface area contributed by atoms with Crippen molar-refractivity contribution in [3.8, 4) is 11.8 Å². The van der Waals surface area contributed by atoms with Crippen LogP contribution >= 0.6 is 0 Å². The van der Waals surface area contributed by atoms with Gasteiger partial charge in [0.2, 0.25) is 0 Å². The van der Waals surface area contributed by atoms with Crippen LogP contribution in [0.4, 0.5) is 11.4 Å². The molecule has 2 aromatic carbocycles. The van der Waals surface area contributed by atoms with Crippen molar-refractivity contribution in [2.45, 2.75) is 13.3 Å². The van der Waals surface area contributed by atoms with Gasteiger partial charge in [0.05, 0.1) is 41.3 Å². The first-order chi connectivity index (χ1) is 12.5. The zero-order chi connectivity index (χ0) is 19.1. The average Bonchev–Trinajstić information content (AvgIpc) is 2.63. The molecule has 0 radical (unpaired) electrons. The molecular weight excluding hydrogens is 338 g/mol. The number of hydrogen-bond donors (Lipinski definition) is 1. The van der Waals surface area contributed by atoms with Crippen LogP contribution in [0.2, 0.25) is 0 Å². The summed E-state index contributed by atoms with van der Waals surface area (Å²) in [4.78, 5) is 35.0. The number of nitro groups is 1. The van der Waals surface area contributed by atoms with Gasteiger partial charge in [-0.2, -0.15) is 5.26 Å². The maximum absolute atomic E-state index is 12.4. The van der Waals surface area contributed by atoms with E-state index in [0.717, 1.165) is 6.07 Å². The highest BCUT2D eigenvalue weighted by Gasteiger charge is 2.24. The van der Waals surface area contributed by atoms with Gasteiger partial charge in [0.15, 0.2) is 5.78 Å². The molecule has 0 saturated carbocycles. The molecule has 1 N–H and O–H groups in total. The van der Waals surface area contributed by atoms with Crippen LogP contribution in [-0.2, 0) is 0 Å². The highest BCUT2D eigenvalue weighted by Crippen LogP contribution is 2.34. The summed E-state index contributed by atoms with van der Waals surface area (Å²) in [6.07, 6.45) is -0.513. The third-order valence-electron chi connectivity index (χ3n) is 3.42. The van der Waals surface area contributed by atoms with Crippen molar-refractivity contribution in [1.29, 1.82) is 5.26 Å². The molecule has 0 spiro atoms. The number of nitrogens with zero attached hydrogens (tertiary/aromatic N) is 2. The Hall–Kier alpha value is -3.73. The largest absolute Gasteiger partial charge is 0.491 e. The summed E-state index contributed by atoms with van der Waals surface area (Å²) < 4.78 is 5.36. The van der Waals surface area contributed by atoms with Crippen molar-refractivity contribution in [3.05, 3.63) is 63.7 Å². The smallest absolute Gasteiger partial charge is 0.284 e. The van der Waals surface area contributed by atoms with E-state index >= 15 is 0 Å². The van der Waals surface area contributed by atoms with Crippen molar-refractivity contribution in [2.75, 3.05) is 11.9 Å². The van der Waals surface area contributed by atoms with Crippen LogP contribution in [0.3, 0.4) is 0 Å². The highest BCUT2D eigenvalue weighted by atomic mass is 16.6. The minimum atomic E-state index is -0.726. The second-order valence-electron chi connectivity index (χ2n) is 5.13. The van der Waals surface area contributed by atoms with Crippen LogP contribution in [0, 0.1) is 21.4 Å². The first-order valence-corrected chi connectivity index (χ1v) is 7.69. The van der Waals surface area contributed by atoms with Gasteiger partial charge in [-0.15, -0.1) is 0 Å². The Bertz CT molecular complexity index is 888. The number of nitrogens with one attached hydrogen (secondary N) is 1. The maximum atomic E-state index is 12.4. The van der Waals surface area contributed by atoms with Gasteiger partial charge in [-0.1, -0.05) is 18.2 Å². The molecule has 0 heterocycles. The van der Waals surface area contributed by atoms with Gasteiger partial charge in [0.25, 0.3) is 11.6 Å². The lowest BCUT2D eigenvalue weighted by Gasteiger charge is -2.13. The Morgan fingerprint density at radius 2 is 1.96 bits per heavy atom. The SMILES string of the molecule is CCOc1cc([N+](=O)[O-])c(C(=O)CC#N)cc1NC(=O)c1ccccc1. The fourth-order valence-corrected chi connectivity index (χ4v) is 2.27. The molecule has 132 valence electrons. The highest BCUT2D eigenvalue weighted by molar-refractivity contribution is 6.07. The summed E-state index contributed by atoms with van der Waals surface area (Å²) in [7, 11) is 0. The molecule has 0 aliphatic carbocycles. The first kappa shape index (κ1) is 18.6. The number of amides is 1. The second kappa shape index (κ2) is 8.39. The van der Waals surface area contributed by atoms with Crippen LogP contribution in [-0.4, -0.2) is 23.2 Å². The number of ether oxygens (including phenoxy) is 1. The van der Waals surface area contributed by atoms with Crippen molar-refractivity contribution >= 4 is 23.1 Å². The van der Waals surface area contributed by atoms with E-state index in [9.17, 15) is 19.7 Å². The number of anilines is 1. The number of carbonyl (C=O) groups excluding carboxylic acids is 2.